The van der Waals surface area contributed by atoms with Gasteiger partial charge in [0.15, 0.2) is 0 Å². The Morgan fingerprint density at radius 2 is 2.24 bits per heavy atom. The fourth-order valence-electron chi connectivity index (χ4n) is 4.14. The van der Waals surface area contributed by atoms with Gasteiger partial charge in [0.25, 0.3) is 0 Å². The average Bonchev–Trinajstić information content (AvgIpc) is 2.53. The zero-order chi connectivity index (χ0) is 13.9. The topological polar surface area (TPSA) is 24.9 Å². The van der Waals surface area contributed by atoms with E-state index in [1.807, 2.05) is 12.3 Å². The van der Waals surface area contributed by atoms with E-state index < -0.39 is 0 Å². The van der Waals surface area contributed by atoms with Crippen LogP contribution in [0.2, 0.25) is 0 Å². The molecule has 1 N–H and O–H groups in total. The number of allylic oxidation sites excluding steroid dienone is 4. The van der Waals surface area contributed by atoms with Gasteiger partial charge in [-0.05, 0) is 53.8 Å². The molecule has 0 radical (unpaired) electrons. The molecule has 2 bridgehead atoms. The van der Waals surface area contributed by atoms with E-state index >= 15 is 0 Å². The van der Waals surface area contributed by atoms with Crippen LogP contribution in [0.4, 0.5) is 0 Å². The molecule has 2 heterocycles. The molecule has 2 aromatic rings. The summed E-state index contributed by atoms with van der Waals surface area (Å²) in [4.78, 5) is 4.56. The summed E-state index contributed by atoms with van der Waals surface area (Å²) >= 11 is 0. The van der Waals surface area contributed by atoms with Crippen LogP contribution >= 0.6 is 0 Å². The maximum atomic E-state index is 4.56. The molecule has 2 heteroatoms. The van der Waals surface area contributed by atoms with Crippen LogP contribution < -0.4 is 5.32 Å². The summed E-state index contributed by atoms with van der Waals surface area (Å²) in [5.41, 5.74) is 6.83. The molecule has 1 aromatic carbocycles. The van der Waals surface area contributed by atoms with E-state index in [9.17, 15) is 0 Å². The van der Waals surface area contributed by atoms with E-state index in [1.165, 1.54) is 27.8 Å². The zero-order valence-electron chi connectivity index (χ0n) is 11.8. The van der Waals surface area contributed by atoms with Gasteiger partial charge in [-0.1, -0.05) is 24.3 Å². The predicted molar refractivity (Wildman–Crippen MR) is 85.9 cm³/mol. The minimum Gasteiger partial charge on any atom is -0.385 e. The number of hydrogen-bond acceptors (Lipinski definition) is 2. The molecule has 1 atom stereocenters. The Balaban J connectivity index is 1.88. The smallest absolute Gasteiger partial charge is 0.0705 e. The summed E-state index contributed by atoms with van der Waals surface area (Å²) in [6, 6.07) is 8.77. The predicted octanol–water partition coefficient (Wildman–Crippen LogP) is 3.71. The number of aromatic nitrogens is 1. The molecule has 102 valence electrons. The normalized spacial score (nSPS) is 25.5. The zero-order valence-corrected chi connectivity index (χ0v) is 11.8. The molecule has 1 fully saturated rings. The lowest BCUT2D eigenvalue weighted by Gasteiger charge is -2.46. The summed E-state index contributed by atoms with van der Waals surface area (Å²) in [5.74, 6) is 0. The first-order valence-electron chi connectivity index (χ1n) is 7.59. The van der Waals surface area contributed by atoms with Crippen molar-refractivity contribution in [3.05, 3.63) is 71.1 Å². The number of fused-ring (bicyclic) bond motifs is 2. The Bertz CT molecular complexity index is 857. The van der Waals surface area contributed by atoms with Crippen molar-refractivity contribution in [2.75, 3.05) is 6.54 Å². The number of piperidine rings is 1. The second kappa shape index (κ2) is 3.85. The molecule has 2 nitrogen and oxygen atoms in total. The Morgan fingerprint density at radius 1 is 1.24 bits per heavy atom. The lowest BCUT2D eigenvalue weighted by molar-refractivity contribution is 0.419. The third-order valence-corrected chi connectivity index (χ3v) is 5.13. The van der Waals surface area contributed by atoms with Crippen LogP contribution in [-0.4, -0.2) is 11.5 Å². The maximum absolute atomic E-state index is 4.56. The fraction of sp³-hybridized carbons (Fsp3) is 0.211. The van der Waals surface area contributed by atoms with Crippen molar-refractivity contribution in [3.8, 4) is 0 Å². The van der Waals surface area contributed by atoms with Gasteiger partial charge < -0.3 is 5.32 Å². The van der Waals surface area contributed by atoms with Crippen LogP contribution in [-0.2, 0) is 5.41 Å². The molecular formula is C19H16N2. The Labute approximate surface area is 123 Å². The van der Waals surface area contributed by atoms with Gasteiger partial charge >= 0.3 is 0 Å². The van der Waals surface area contributed by atoms with Crippen molar-refractivity contribution >= 4 is 17.0 Å². The molecule has 0 saturated carbocycles. The molecule has 3 aliphatic rings. The van der Waals surface area contributed by atoms with Crippen LogP contribution in [0.5, 0.6) is 0 Å². The van der Waals surface area contributed by atoms with Gasteiger partial charge in [-0.25, -0.2) is 0 Å². The maximum Gasteiger partial charge on any atom is 0.0705 e. The second-order valence-corrected chi connectivity index (χ2v) is 6.17. The van der Waals surface area contributed by atoms with Crippen LogP contribution in [0.3, 0.4) is 0 Å². The number of rotatable bonds is 0. The van der Waals surface area contributed by atoms with E-state index in [1.54, 1.807) is 0 Å². The Hall–Kier alpha value is -2.35. The summed E-state index contributed by atoms with van der Waals surface area (Å²) in [7, 11) is 0. The summed E-state index contributed by atoms with van der Waals surface area (Å²) in [5, 5.41) is 4.80. The number of hydrogen-bond donors (Lipinski definition) is 1. The molecule has 21 heavy (non-hydrogen) atoms. The first-order chi connectivity index (χ1) is 10.4. The molecule has 1 aliphatic heterocycles. The van der Waals surface area contributed by atoms with E-state index in [2.05, 4.69) is 52.8 Å². The third kappa shape index (κ3) is 1.40. The average molecular weight is 272 g/mol. The minimum absolute atomic E-state index is 0.158. The SMILES string of the molecule is C1=CCC23CCNC(=Cc4cc5cccnc5cc42)C3=C1. The van der Waals surface area contributed by atoms with Gasteiger partial charge in [-0.2, -0.15) is 0 Å². The van der Waals surface area contributed by atoms with Crippen molar-refractivity contribution in [2.45, 2.75) is 18.3 Å². The largest absolute Gasteiger partial charge is 0.385 e. The molecule has 0 spiro atoms. The summed E-state index contributed by atoms with van der Waals surface area (Å²) in [6.45, 7) is 1.05. The van der Waals surface area contributed by atoms with E-state index in [4.69, 9.17) is 0 Å². The van der Waals surface area contributed by atoms with E-state index in [0.29, 0.717) is 0 Å². The van der Waals surface area contributed by atoms with Crippen molar-refractivity contribution in [2.24, 2.45) is 0 Å². The molecular weight excluding hydrogens is 256 g/mol. The van der Waals surface area contributed by atoms with Crippen LogP contribution in [0, 0.1) is 0 Å². The van der Waals surface area contributed by atoms with Gasteiger partial charge in [0.2, 0.25) is 0 Å². The molecule has 2 aliphatic carbocycles. The Kier molecular flexibility index (Phi) is 2.08. The van der Waals surface area contributed by atoms with Gasteiger partial charge in [-0.3, -0.25) is 4.98 Å². The first-order valence-corrected chi connectivity index (χ1v) is 7.59. The highest BCUT2D eigenvalue weighted by molar-refractivity contribution is 5.86. The van der Waals surface area contributed by atoms with Crippen LogP contribution in [0.25, 0.3) is 17.0 Å². The Morgan fingerprint density at radius 3 is 3.24 bits per heavy atom. The third-order valence-electron chi connectivity index (χ3n) is 5.13. The number of nitrogens with one attached hydrogen (secondary N) is 1. The number of pyridine rings is 1. The van der Waals surface area contributed by atoms with Gasteiger partial charge in [-0.15, -0.1) is 0 Å². The quantitative estimate of drug-likeness (QED) is 0.791. The van der Waals surface area contributed by atoms with Crippen molar-refractivity contribution in [3.63, 3.8) is 0 Å². The minimum atomic E-state index is 0.158. The van der Waals surface area contributed by atoms with Crippen molar-refractivity contribution < 1.29 is 0 Å². The first kappa shape index (κ1) is 11.3. The molecule has 1 unspecified atom stereocenters. The number of benzene rings is 1. The summed E-state index contributed by atoms with van der Waals surface area (Å²) < 4.78 is 0. The lowest BCUT2D eigenvalue weighted by Crippen LogP contribution is -2.43. The van der Waals surface area contributed by atoms with Crippen LogP contribution in [0.1, 0.15) is 24.0 Å². The standard InChI is InChI=1S/C19H16N2/c1-2-6-19-7-9-21-18(15(19)5-1)11-14-10-13-4-3-8-20-17(13)12-16(14)19/h1-5,8,10-12,21H,6-7,9H2. The van der Waals surface area contributed by atoms with E-state index in [0.717, 1.165) is 24.9 Å². The highest BCUT2D eigenvalue weighted by Crippen LogP contribution is 2.51. The highest BCUT2D eigenvalue weighted by atomic mass is 14.9. The van der Waals surface area contributed by atoms with Gasteiger partial charge in [0, 0.05) is 29.2 Å². The lowest BCUT2D eigenvalue weighted by atomic mass is 9.61. The van der Waals surface area contributed by atoms with E-state index in [-0.39, 0.29) is 5.41 Å². The van der Waals surface area contributed by atoms with Crippen molar-refractivity contribution in [1.82, 2.24) is 10.3 Å². The molecule has 5 rings (SSSR count). The van der Waals surface area contributed by atoms with Gasteiger partial charge in [0.05, 0.1) is 5.52 Å². The fourth-order valence-corrected chi connectivity index (χ4v) is 4.14. The molecule has 1 saturated heterocycles. The molecule has 0 amide bonds. The number of nitrogens with zero attached hydrogens (tertiary/aromatic N) is 1. The van der Waals surface area contributed by atoms with Crippen LogP contribution in [0.15, 0.2) is 60.0 Å². The second-order valence-electron chi connectivity index (χ2n) is 6.17. The highest BCUT2D eigenvalue weighted by Gasteiger charge is 2.43. The van der Waals surface area contributed by atoms with Crippen molar-refractivity contribution in [1.29, 1.82) is 0 Å². The summed E-state index contributed by atoms with van der Waals surface area (Å²) in [6.07, 6.45) is 13.2. The monoisotopic (exact) mass is 272 g/mol. The molecule has 1 aromatic heterocycles. The van der Waals surface area contributed by atoms with Gasteiger partial charge in [0.1, 0.15) is 0 Å².